The Labute approximate surface area is 109 Å². The van der Waals surface area contributed by atoms with Crippen LogP contribution in [-0.4, -0.2) is 13.1 Å². The minimum atomic E-state index is -0.184. The lowest BCUT2D eigenvalue weighted by Crippen LogP contribution is -2.24. The number of esters is 1. The molecule has 0 amide bonds. The van der Waals surface area contributed by atoms with Crippen LogP contribution in [0.3, 0.4) is 0 Å². The average molecular weight is 249 g/mol. The van der Waals surface area contributed by atoms with Crippen LogP contribution in [0.15, 0.2) is 24.3 Å². The van der Waals surface area contributed by atoms with Crippen LogP contribution in [0, 0.1) is 12.3 Å². The fraction of sp³-hybridized carbons (Fsp3) is 0.533. The molecule has 0 aliphatic rings. The van der Waals surface area contributed by atoms with Gasteiger partial charge in [0, 0.05) is 6.04 Å². The second-order valence-electron chi connectivity index (χ2n) is 5.64. The molecule has 100 valence electrons. The molecule has 0 spiro atoms. The summed E-state index contributed by atoms with van der Waals surface area (Å²) in [6, 6.07) is 8.17. The van der Waals surface area contributed by atoms with Gasteiger partial charge < -0.3 is 10.5 Å². The Kier molecular flexibility index (Phi) is 4.91. The highest BCUT2D eigenvalue weighted by Gasteiger charge is 2.25. The largest absolute Gasteiger partial charge is 0.469 e. The summed E-state index contributed by atoms with van der Waals surface area (Å²) in [5, 5.41) is 0. The van der Waals surface area contributed by atoms with E-state index in [0.29, 0.717) is 6.42 Å². The van der Waals surface area contributed by atoms with Gasteiger partial charge in [-0.05, 0) is 24.3 Å². The summed E-state index contributed by atoms with van der Waals surface area (Å²) in [4.78, 5) is 11.3. The highest BCUT2D eigenvalue weighted by atomic mass is 16.5. The number of carbonyl (C=O) groups excluding carboxylic acids is 1. The summed E-state index contributed by atoms with van der Waals surface area (Å²) in [7, 11) is 1.41. The maximum atomic E-state index is 11.3. The summed E-state index contributed by atoms with van der Waals surface area (Å²) in [5.74, 6) is -0.184. The van der Waals surface area contributed by atoms with Gasteiger partial charge >= 0.3 is 5.97 Å². The first-order chi connectivity index (χ1) is 8.34. The number of benzene rings is 1. The van der Waals surface area contributed by atoms with Gasteiger partial charge in [-0.3, -0.25) is 4.79 Å². The predicted octanol–water partition coefficient (Wildman–Crippen LogP) is 2.97. The van der Waals surface area contributed by atoms with E-state index in [-0.39, 0.29) is 17.4 Å². The summed E-state index contributed by atoms with van der Waals surface area (Å²) >= 11 is 0. The Bertz CT molecular complexity index is 395. The number of rotatable bonds is 5. The Hall–Kier alpha value is -1.35. The van der Waals surface area contributed by atoms with Crippen molar-refractivity contribution in [2.45, 2.75) is 39.7 Å². The fourth-order valence-corrected chi connectivity index (χ4v) is 2.06. The molecule has 1 rings (SSSR count). The van der Waals surface area contributed by atoms with Crippen molar-refractivity contribution in [3.05, 3.63) is 35.4 Å². The smallest absolute Gasteiger partial charge is 0.306 e. The zero-order valence-electron chi connectivity index (χ0n) is 11.7. The molecule has 1 aromatic rings. The summed E-state index contributed by atoms with van der Waals surface area (Å²) in [6.45, 7) is 6.13. The lowest BCUT2D eigenvalue weighted by Gasteiger charge is -2.27. The van der Waals surface area contributed by atoms with Crippen molar-refractivity contribution < 1.29 is 9.53 Å². The first-order valence-corrected chi connectivity index (χ1v) is 6.23. The summed E-state index contributed by atoms with van der Waals surface area (Å²) < 4.78 is 4.71. The molecule has 0 fully saturated rings. The number of ether oxygens (including phenoxy) is 1. The molecule has 2 N–H and O–H groups in total. The van der Waals surface area contributed by atoms with Crippen LogP contribution >= 0.6 is 0 Å². The van der Waals surface area contributed by atoms with Crippen LogP contribution in [0.2, 0.25) is 0 Å². The number of aryl methyl sites for hydroxylation is 1. The van der Waals surface area contributed by atoms with Crippen molar-refractivity contribution in [1.82, 2.24) is 0 Å². The number of hydrogen-bond donors (Lipinski definition) is 1. The van der Waals surface area contributed by atoms with Gasteiger partial charge in [-0.15, -0.1) is 0 Å². The van der Waals surface area contributed by atoms with Crippen molar-refractivity contribution in [2.75, 3.05) is 7.11 Å². The standard InChI is InChI=1S/C15H23NO2/c1-11-5-7-12(8-6-11)13(16)9-15(2,3)10-14(17)18-4/h5-8,13H,9-10,16H2,1-4H3. The molecular weight excluding hydrogens is 226 g/mol. The highest BCUT2D eigenvalue weighted by molar-refractivity contribution is 5.69. The van der Waals surface area contributed by atoms with Gasteiger partial charge in [-0.1, -0.05) is 43.7 Å². The van der Waals surface area contributed by atoms with Crippen LogP contribution in [0.5, 0.6) is 0 Å². The van der Waals surface area contributed by atoms with Crippen molar-refractivity contribution in [1.29, 1.82) is 0 Å². The number of methoxy groups -OCH3 is 1. The number of carbonyl (C=O) groups is 1. The minimum absolute atomic E-state index is 0.0507. The molecule has 0 aliphatic heterocycles. The molecule has 0 heterocycles. The van der Waals surface area contributed by atoms with E-state index in [1.165, 1.54) is 12.7 Å². The highest BCUT2D eigenvalue weighted by Crippen LogP contribution is 2.32. The Morgan fingerprint density at radius 3 is 2.39 bits per heavy atom. The third-order valence-electron chi connectivity index (χ3n) is 3.13. The second kappa shape index (κ2) is 6.01. The van der Waals surface area contributed by atoms with Crippen molar-refractivity contribution >= 4 is 5.97 Å². The van der Waals surface area contributed by atoms with E-state index in [4.69, 9.17) is 10.5 Å². The Balaban J connectivity index is 2.65. The third-order valence-corrected chi connectivity index (χ3v) is 3.13. The monoisotopic (exact) mass is 249 g/mol. The molecule has 1 atom stereocenters. The maximum Gasteiger partial charge on any atom is 0.306 e. The summed E-state index contributed by atoms with van der Waals surface area (Å²) in [5.41, 5.74) is 8.37. The Morgan fingerprint density at radius 1 is 1.33 bits per heavy atom. The normalized spacial score (nSPS) is 13.2. The van der Waals surface area contributed by atoms with Crippen LogP contribution < -0.4 is 5.73 Å². The second-order valence-corrected chi connectivity index (χ2v) is 5.64. The molecule has 0 bridgehead atoms. The SMILES string of the molecule is COC(=O)CC(C)(C)CC(N)c1ccc(C)cc1. The van der Waals surface area contributed by atoms with Crippen molar-refractivity contribution in [2.24, 2.45) is 11.1 Å². The van der Waals surface area contributed by atoms with Gasteiger partial charge in [-0.25, -0.2) is 0 Å². The minimum Gasteiger partial charge on any atom is -0.469 e. The van der Waals surface area contributed by atoms with E-state index in [1.54, 1.807) is 0 Å². The topological polar surface area (TPSA) is 52.3 Å². The lowest BCUT2D eigenvalue weighted by molar-refractivity contribution is -0.143. The molecule has 0 aliphatic carbocycles. The first-order valence-electron chi connectivity index (χ1n) is 6.23. The van der Waals surface area contributed by atoms with Crippen LogP contribution in [0.1, 0.15) is 43.9 Å². The lowest BCUT2D eigenvalue weighted by atomic mass is 9.81. The molecule has 1 aromatic carbocycles. The molecule has 1 unspecified atom stereocenters. The molecule has 3 nitrogen and oxygen atoms in total. The number of nitrogens with two attached hydrogens (primary N) is 1. The first kappa shape index (κ1) is 14.7. The van der Waals surface area contributed by atoms with E-state index in [0.717, 1.165) is 12.0 Å². The summed E-state index contributed by atoms with van der Waals surface area (Å²) in [6.07, 6.45) is 1.15. The predicted molar refractivity (Wildman–Crippen MR) is 73.1 cm³/mol. The third kappa shape index (κ3) is 4.49. The van der Waals surface area contributed by atoms with E-state index < -0.39 is 0 Å². The van der Waals surface area contributed by atoms with E-state index in [2.05, 4.69) is 19.1 Å². The molecule has 18 heavy (non-hydrogen) atoms. The van der Waals surface area contributed by atoms with Gasteiger partial charge in [0.15, 0.2) is 0 Å². The van der Waals surface area contributed by atoms with E-state index in [9.17, 15) is 4.79 Å². The van der Waals surface area contributed by atoms with Crippen LogP contribution in [-0.2, 0) is 9.53 Å². The number of hydrogen-bond acceptors (Lipinski definition) is 3. The zero-order chi connectivity index (χ0) is 13.8. The van der Waals surface area contributed by atoms with Crippen LogP contribution in [0.4, 0.5) is 0 Å². The Morgan fingerprint density at radius 2 is 1.89 bits per heavy atom. The quantitative estimate of drug-likeness (QED) is 0.816. The van der Waals surface area contributed by atoms with Gasteiger partial charge in [-0.2, -0.15) is 0 Å². The molecular formula is C15H23NO2. The average Bonchev–Trinajstić information content (AvgIpc) is 2.28. The van der Waals surface area contributed by atoms with E-state index >= 15 is 0 Å². The molecule has 0 radical (unpaired) electrons. The van der Waals surface area contributed by atoms with Crippen LogP contribution in [0.25, 0.3) is 0 Å². The van der Waals surface area contributed by atoms with E-state index in [1.807, 2.05) is 26.0 Å². The molecule has 0 aromatic heterocycles. The zero-order valence-corrected chi connectivity index (χ0v) is 11.7. The van der Waals surface area contributed by atoms with Crippen molar-refractivity contribution in [3.8, 4) is 0 Å². The van der Waals surface area contributed by atoms with Gasteiger partial charge in [0.05, 0.1) is 13.5 Å². The van der Waals surface area contributed by atoms with Gasteiger partial charge in [0.1, 0.15) is 0 Å². The maximum absolute atomic E-state index is 11.3. The van der Waals surface area contributed by atoms with Gasteiger partial charge in [0.2, 0.25) is 0 Å². The fourth-order valence-electron chi connectivity index (χ4n) is 2.06. The van der Waals surface area contributed by atoms with Crippen molar-refractivity contribution in [3.63, 3.8) is 0 Å². The molecule has 0 saturated heterocycles. The molecule has 0 saturated carbocycles. The molecule has 3 heteroatoms. The van der Waals surface area contributed by atoms with Gasteiger partial charge in [0.25, 0.3) is 0 Å².